The molecule has 0 aliphatic carbocycles. The van der Waals surface area contributed by atoms with Gasteiger partial charge in [0.15, 0.2) is 0 Å². The molecule has 23 heavy (non-hydrogen) atoms. The van der Waals surface area contributed by atoms with E-state index in [1.165, 1.54) is 0 Å². The SMILES string of the molecule is Cc1ccc(C)c(NC(=O)C=CC2=Cc3ccccc3OC2)c1. The molecule has 0 atom stereocenters. The molecule has 1 N–H and O–H groups in total. The summed E-state index contributed by atoms with van der Waals surface area (Å²) >= 11 is 0. The smallest absolute Gasteiger partial charge is 0.248 e. The van der Waals surface area contributed by atoms with E-state index < -0.39 is 0 Å². The Morgan fingerprint density at radius 2 is 2.00 bits per heavy atom. The molecule has 0 saturated carbocycles. The van der Waals surface area contributed by atoms with E-state index in [4.69, 9.17) is 4.74 Å². The molecule has 1 amide bonds. The largest absolute Gasteiger partial charge is 0.488 e. The number of aryl methyl sites for hydroxylation is 2. The lowest BCUT2D eigenvalue weighted by Gasteiger charge is -2.15. The predicted octanol–water partition coefficient (Wildman–Crippen LogP) is 4.27. The van der Waals surface area contributed by atoms with Crippen molar-refractivity contribution in [1.29, 1.82) is 0 Å². The second kappa shape index (κ2) is 6.53. The Labute approximate surface area is 136 Å². The predicted molar refractivity (Wildman–Crippen MR) is 93.6 cm³/mol. The second-order valence-electron chi connectivity index (χ2n) is 5.69. The zero-order valence-electron chi connectivity index (χ0n) is 13.3. The van der Waals surface area contributed by atoms with Crippen LogP contribution >= 0.6 is 0 Å². The van der Waals surface area contributed by atoms with Crippen LogP contribution in [0.25, 0.3) is 6.08 Å². The summed E-state index contributed by atoms with van der Waals surface area (Å²) in [5.41, 5.74) is 5.02. The number of benzene rings is 2. The molecule has 116 valence electrons. The number of carbonyl (C=O) groups excluding carboxylic acids is 1. The normalized spacial score (nSPS) is 13.2. The van der Waals surface area contributed by atoms with Gasteiger partial charge in [-0.05, 0) is 48.8 Å². The highest BCUT2D eigenvalue weighted by Crippen LogP contribution is 2.26. The first-order valence-corrected chi connectivity index (χ1v) is 7.60. The lowest BCUT2D eigenvalue weighted by atomic mass is 10.1. The number of anilines is 1. The van der Waals surface area contributed by atoms with E-state index in [1.54, 1.807) is 12.2 Å². The Balaban J connectivity index is 1.70. The second-order valence-corrected chi connectivity index (χ2v) is 5.69. The van der Waals surface area contributed by atoms with Crippen LogP contribution in [-0.4, -0.2) is 12.5 Å². The van der Waals surface area contributed by atoms with Crippen LogP contribution in [0.4, 0.5) is 5.69 Å². The maximum absolute atomic E-state index is 12.1. The summed E-state index contributed by atoms with van der Waals surface area (Å²) in [6.45, 7) is 4.46. The highest BCUT2D eigenvalue weighted by atomic mass is 16.5. The van der Waals surface area contributed by atoms with Gasteiger partial charge in [-0.25, -0.2) is 0 Å². The Kier molecular flexibility index (Phi) is 4.29. The molecule has 2 aromatic carbocycles. The van der Waals surface area contributed by atoms with Crippen molar-refractivity contribution >= 4 is 17.7 Å². The quantitative estimate of drug-likeness (QED) is 0.860. The fourth-order valence-corrected chi connectivity index (χ4v) is 2.46. The van der Waals surface area contributed by atoms with Gasteiger partial charge >= 0.3 is 0 Å². The Morgan fingerprint density at radius 3 is 2.87 bits per heavy atom. The molecule has 3 rings (SSSR count). The van der Waals surface area contributed by atoms with Gasteiger partial charge in [-0.2, -0.15) is 0 Å². The molecule has 0 spiro atoms. The summed E-state index contributed by atoms with van der Waals surface area (Å²) in [5, 5.41) is 2.92. The average Bonchev–Trinajstić information content (AvgIpc) is 2.56. The Bertz CT molecular complexity index is 803. The summed E-state index contributed by atoms with van der Waals surface area (Å²) < 4.78 is 5.67. The van der Waals surface area contributed by atoms with E-state index in [0.29, 0.717) is 6.61 Å². The standard InChI is InChI=1S/C20H19NO2/c1-14-7-8-15(2)18(11-14)21-20(22)10-9-16-12-17-5-3-4-6-19(17)23-13-16/h3-12H,13H2,1-2H3,(H,21,22). The van der Waals surface area contributed by atoms with Crippen molar-refractivity contribution < 1.29 is 9.53 Å². The van der Waals surface area contributed by atoms with Crippen molar-refractivity contribution in [3.8, 4) is 5.75 Å². The van der Waals surface area contributed by atoms with Crippen LogP contribution in [0.2, 0.25) is 0 Å². The van der Waals surface area contributed by atoms with Crippen molar-refractivity contribution in [1.82, 2.24) is 0 Å². The van der Waals surface area contributed by atoms with Crippen molar-refractivity contribution in [2.24, 2.45) is 0 Å². The molecule has 1 aliphatic rings. The molecule has 3 nitrogen and oxygen atoms in total. The molecular formula is C20H19NO2. The first-order chi connectivity index (χ1) is 11.1. The van der Waals surface area contributed by atoms with Crippen LogP contribution in [0.5, 0.6) is 5.75 Å². The molecule has 1 aliphatic heterocycles. The van der Waals surface area contributed by atoms with Crippen molar-refractivity contribution in [3.05, 3.63) is 76.9 Å². The first-order valence-electron chi connectivity index (χ1n) is 7.60. The molecule has 1 heterocycles. The number of hydrogen-bond donors (Lipinski definition) is 1. The molecular weight excluding hydrogens is 286 g/mol. The molecule has 0 aromatic heterocycles. The number of carbonyl (C=O) groups is 1. The van der Waals surface area contributed by atoms with Gasteiger partial charge in [-0.3, -0.25) is 4.79 Å². The molecule has 3 heteroatoms. The monoisotopic (exact) mass is 305 g/mol. The molecule has 0 unspecified atom stereocenters. The van der Waals surface area contributed by atoms with Gasteiger partial charge < -0.3 is 10.1 Å². The number of fused-ring (bicyclic) bond motifs is 1. The van der Waals surface area contributed by atoms with E-state index in [0.717, 1.165) is 33.7 Å². The maximum Gasteiger partial charge on any atom is 0.248 e. The maximum atomic E-state index is 12.1. The number of rotatable bonds is 3. The molecule has 0 bridgehead atoms. The molecule has 0 fully saturated rings. The van der Waals surface area contributed by atoms with Gasteiger partial charge in [0, 0.05) is 17.3 Å². The van der Waals surface area contributed by atoms with Crippen LogP contribution in [-0.2, 0) is 4.79 Å². The van der Waals surface area contributed by atoms with Gasteiger partial charge in [-0.1, -0.05) is 36.4 Å². The van der Waals surface area contributed by atoms with Crippen LogP contribution in [0.1, 0.15) is 16.7 Å². The fraction of sp³-hybridized carbons (Fsp3) is 0.150. The van der Waals surface area contributed by atoms with Crippen molar-refractivity contribution in [3.63, 3.8) is 0 Å². The van der Waals surface area contributed by atoms with Gasteiger partial charge in [0.25, 0.3) is 0 Å². The highest BCUT2D eigenvalue weighted by Gasteiger charge is 2.09. The Hall–Kier alpha value is -2.81. The lowest BCUT2D eigenvalue weighted by Crippen LogP contribution is -2.10. The summed E-state index contributed by atoms with van der Waals surface area (Å²) in [7, 11) is 0. The topological polar surface area (TPSA) is 38.3 Å². The minimum Gasteiger partial charge on any atom is -0.488 e. The third kappa shape index (κ3) is 3.69. The minimum absolute atomic E-state index is 0.140. The van der Waals surface area contributed by atoms with Gasteiger partial charge in [0.2, 0.25) is 5.91 Å². The van der Waals surface area contributed by atoms with Crippen molar-refractivity contribution in [2.75, 3.05) is 11.9 Å². The number of nitrogens with one attached hydrogen (secondary N) is 1. The van der Waals surface area contributed by atoms with Gasteiger partial charge in [0.05, 0.1) is 0 Å². The van der Waals surface area contributed by atoms with Crippen LogP contribution in [0.3, 0.4) is 0 Å². The third-order valence-corrected chi connectivity index (χ3v) is 3.75. The summed E-state index contributed by atoms with van der Waals surface area (Å²) in [6, 6.07) is 13.9. The molecule has 2 aromatic rings. The third-order valence-electron chi connectivity index (χ3n) is 3.75. The summed E-state index contributed by atoms with van der Waals surface area (Å²) in [4.78, 5) is 12.1. The van der Waals surface area contributed by atoms with E-state index in [9.17, 15) is 4.79 Å². The van der Waals surface area contributed by atoms with Crippen molar-refractivity contribution in [2.45, 2.75) is 13.8 Å². The summed E-state index contributed by atoms with van der Waals surface area (Å²) in [5.74, 6) is 0.739. The van der Waals surface area contributed by atoms with Gasteiger partial charge in [0.1, 0.15) is 12.4 Å². The van der Waals surface area contributed by atoms with Crippen LogP contribution in [0, 0.1) is 13.8 Å². The molecule has 0 saturated heterocycles. The highest BCUT2D eigenvalue weighted by molar-refractivity contribution is 6.00. The number of ether oxygens (including phenoxy) is 1. The van der Waals surface area contributed by atoms with E-state index in [-0.39, 0.29) is 5.91 Å². The van der Waals surface area contributed by atoms with Crippen LogP contribution < -0.4 is 10.1 Å². The average molecular weight is 305 g/mol. The van der Waals surface area contributed by atoms with E-state index in [2.05, 4.69) is 5.32 Å². The summed E-state index contributed by atoms with van der Waals surface area (Å²) in [6.07, 6.45) is 5.39. The van der Waals surface area contributed by atoms with E-state index >= 15 is 0 Å². The zero-order valence-corrected chi connectivity index (χ0v) is 13.3. The fourth-order valence-electron chi connectivity index (χ4n) is 2.46. The lowest BCUT2D eigenvalue weighted by molar-refractivity contribution is -0.111. The first kappa shape index (κ1) is 15.1. The van der Waals surface area contributed by atoms with Crippen LogP contribution in [0.15, 0.2) is 60.2 Å². The zero-order chi connectivity index (χ0) is 16.2. The number of hydrogen-bond acceptors (Lipinski definition) is 2. The van der Waals surface area contributed by atoms with E-state index in [1.807, 2.05) is 62.4 Å². The number of amides is 1. The molecule has 0 radical (unpaired) electrons. The Morgan fingerprint density at radius 1 is 1.17 bits per heavy atom. The minimum atomic E-state index is -0.140. The number of para-hydroxylation sites is 1. The van der Waals surface area contributed by atoms with Gasteiger partial charge in [-0.15, -0.1) is 0 Å².